The number of anilines is 2. The number of ether oxygens (including phenoxy) is 2. The third-order valence-electron chi connectivity index (χ3n) is 3.67. The van der Waals surface area contributed by atoms with E-state index in [0.717, 1.165) is 0 Å². The molecule has 0 atom stereocenters. The summed E-state index contributed by atoms with van der Waals surface area (Å²) in [5, 5.41) is 5.28. The molecule has 7 nitrogen and oxygen atoms in total. The number of benzene rings is 2. The lowest BCUT2D eigenvalue weighted by molar-refractivity contribution is 0.100. The van der Waals surface area contributed by atoms with Gasteiger partial charge in [-0.1, -0.05) is 0 Å². The molecule has 0 aromatic heterocycles. The van der Waals surface area contributed by atoms with Crippen LogP contribution in [0.15, 0.2) is 36.4 Å². The molecule has 0 bridgehead atoms. The highest BCUT2D eigenvalue weighted by molar-refractivity contribution is 6.03. The van der Waals surface area contributed by atoms with Crippen molar-refractivity contribution in [2.45, 2.75) is 13.8 Å². The van der Waals surface area contributed by atoms with Crippen LogP contribution in [0.25, 0.3) is 0 Å². The summed E-state index contributed by atoms with van der Waals surface area (Å²) in [7, 11) is 2.94. The molecule has 136 valence electrons. The number of carbonyl (C=O) groups excluding carboxylic acids is 3. The van der Waals surface area contributed by atoms with Crippen LogP contribution in [0, 0.1) is 0 Å². The van der Waals surface area contributed by atoms with Gasteiger partial charge in [0.05, 0.1) is 25.3 Å². The van der Waals surface area contributed by atoms with Crippen molar-refractivity contribution in [1.82, 2.24) is 0 Å². The minimum Gasteiger partial charge on any atom is -0.496 e. The molecule has 0 aliphatic rings. The van der Waals surface area contributed by atoms with Gasteiger partial charge < -0.3 is 20.1 Å². The van der Waals surface area contributed by atoms with E-state index in [1.54, 1.807) is 24.3 Å². The number of urea groups is 1. The largest absolute Gasteiger partial charge is 0.496 e. The van der Waals surface area contributed by atoms with Gasteiger partial charge in [0.25, 0.3) is 0 Å². The molecule has 26 heavy (non-hydrogen) atoms. The molecule has 0 aliphatic carbocycles. The standard InChI is InChI=1S/C19H20N2O5/c1-11(22)15-9-13(5-7-17(15)25-3)20-19(24)21-14-6-8-18(26-4)16(10-14)12(2)23/h5-10H,1-4H3,(H2,20,21,24). The lowest BCUT2D eigenvalue weighted by Crippen LogP contribution is -2.20. The first-order valence-corrected chi connectivity index (χ1v) is 7.81. The van der Waals surface area contributed by atoms with Crippen LogP contribution in [0.1, 0.15) is 34.6 Å². The second-order valence-electron chi connectivity index (χ2n) is 5.52. The van der Waals surface area contributed by atoms with Crippen LogP contribution in [-0.4, -0.2) is 31.8 Å². The van der Waals surface area contributed by atoms with Gasteiger partial charge in [-0.25, -0.2) is 4.79 Å². The van der Waals surface area contributed by atoms with Crippen molar-refractivity contribution in [2.75, 3.05) is 24.9 Å². The van der Waals surface area contributed by atoms with E-state index in [-0.39, 0.29) is 11.6 Å². The van der Waals surface area contributed by atoms with E-state index >= 15 is 0 Å². The monoisotopic (exact) mass is 356 g/mol. The number of carbonyl (C=O) groups is 3. The van der Waals surface area contributed by atoms with E-state index in [4.69, 9.17) is 9.47 Å². The SMILES string of the molecule is COc1ccc(NC(=O)Nc2ccc(OC)c(C(C)=O)c2)cc1C(C)=O. The van der Waals surface area contributed by atoms with E-state index < -0.39 is 6.03 Å². The highest BCUT2D eigenvalue weighted by atomic mass is 16.5. The zero-order chi connectivity index (χ0) is 19.3. The summed E-state index contributed by atoms with van der Waals surface area (Å²) in [5.41, 5.74) is 1.62. The Kier molecular flexibility index (Phi) is 5.95. The molecule has 0 spiro atoms. The fraction of sp³-hybridized carbons (Fsp3) is 0.211. The topological polar surface area (TPSA) is 93.7 Å². The Hall–Kier alpha value is -3.35. The van der Waals surface area contributed by atoms with Crippen molar-refractivity contribution >= 4 is 29.0 Å². The second-order valence-corrected chi connectivity index (χ2v) is 5.52. The highest BCUT2D eigenvalue weighted by Gasteiger charge is 2.12. The van der Waals surface area contributed by atoms with Gasteiger partial charge in [0.15, 0.2) is 11.6 Å². The van der Waals surface area contributed by atoms with Crippen LogP contribution in [0.5, 0.6) is 11.5 Å². The minimum atomic E-state index is -0.510. The van der Waals surface area contributed by atoms with Gasteiger partial charge in [-0.2, -0.15) is 0 Å². The Balaban J connectivity index is 2.16. The van der Waals surface area contributed by atoms with Gasteiger partial charge in [-0.05, 0) is 50.2 Å². The quantitative estimate of drug-likeness (QED) is 0.769. The summed E-state index contributed by atoms with van der Waals surface area (Å²) in [4.78, 5) is 35.5. The molecular formula is C19H20N2O5. The highest BCUT2D eigenvalue weighted by Crippen LogP contribution is 2.25. The lowest BCUT2D eigenvalue weighted by Gasteiger charge is -2.12. The van der Waals surface area contributed by atoms with Crippen LogP contribution in [-0.2, 0) is 0 Å². The maximum Gasteiger partial charge on any atom is 0.323 e. The van der Waals surface area contributed by atoms with Crippen LogP contribution in [0.3, 0.4) is 0 Å². The van der Waals surface area contributed by atoms with Gasteiger partial charge in [0, 0.05) is 11.4 Å². The maximum absolute atomic E-state index is 12.2. The van der Waals surface area contributed by atoms with Crippen molar-refractivity contribution < 1.29 is 23.9 Å². The first-order valence-electron chi connectivity index (χ1n) is 7.81. The minimum absolute atomic E-state index is 0.174. The van der Waals surface area contributed by atoms with Gasteiger partial charge in [-0.15, -0.1) is 0 Å². The number of Topliss-reactive ketones (excluding diaryl/α,β-unsaturated/α-hetero) is 2. The summed E-state index contributed by atoms with van der Waals surface area (Å²) in [6.45, 7) is 2.84. The van der Waals surface area contributed by atoms with Crippen LogP contribution >= 0.6 is 0 Å². The number of methoxy groups -OCH3 is 2. The van der Waals surface area contributed by atoms with Crippen molar-refractivity contribution in [2.24, 2.45) is 0 Å². The van der Waals surface area contributed by atoms with Gasteiger partial charge >= 0.3 is 6.03 Å². The van der Waals surface area contributed by atoms with Crippen LogP contribution in [0.2, 0.25) is 0 Å². The second kappa shape index (κ2) is 8.15. The zero-order valence-corrected chi connectivity index (χ0v) is 15.0. The first kappa shape index (κ1) is 19.0. The van der Waals surface area contributed by atoms with Gasteiger partial charge in [0.2, 0.25) is 0 Å². The summed E-state index contributed by atoms with van der Waals surface area (Å²) >= 11 is 0. The van der Waals surface area contributed by atoms with Crippen molar-refractivity contribution in [3.8, 4) is 11.5 Å². The van der Waals surface area contributed by atoms with Crippen LogP contribution < -0.4 is 20.1 Å². The Morgan fingerprint density at radius 3 is 1.42 bits per heavy atom. The summed E-state index contributed by atoms with van der Waals surface area (Å²) in [6.07, 6.45) is 0. The molecule has 0 radical (unpaired) electrons. The molecule has 0 unspecified atom stereocenters. The molecule has 2 rings (SSSR count). The number of amides is 2. The van der Waals surface area contributed by atoms with E-state index in [0.29, 0.717) is 34.0 Å². The smallest absolute Gasteiger partial charge is 0.323 e. The van der Waals surface area contributed by atoms with Gasteiger partial charge in [0.1, 0.15) is 11.5 Å². The van der Waals surface area contributed by atoms with E-state index in [2.05, 4.69) is 10.6 Å². The molecule has 0 aliphatic heterocycles. The molecule has 0 saturated heterocycles. The van der Waals surface area contributed by atoms with Crippen molar-refractivity contribution in [1.29, 1.82) is 0 Å². The Bertz CT molecular complexity index is 792. The number of hydrogen-bond donors (Lipinski definition) is 2. The zero-order valence-electron chi connectivity index (χ0n) is 15.0. The molecule has 0 saturated carbocycles. The molecule has 0 heterocycles. The molecule has 7 heteroatoms. The lowest BCUT2D eigenvalue weighted by atomic mass is 10.1. The predicted molar refractivity (Wildman–Crippen MR) is 98.6 cm³/mol. The molecule has 2 N–H and O–H groups in total. The average Bonchev–Trinajstić information content (AvgIpc) is 2.61. The number of ketones is 2. The van der Waals surface area contributed by atoms with Crippen LogP contribution in [0.4, 0.5) is 16.2 Å². The van der Waals surface area contributed by atoms with E-state index in [1.807, 2.05) is 0 Å². The summed E-state index contributed by atoms with van der Waals surface area (Å²) < 4.78 is 10.3. The Morgan fingerprint density at radius 1 is 0.731 bits per heavy atom. The van der Waals surface area contributed by atoms with Crippen molar-refractivity contribution in [3.63, 3.8) is 0 Å². The normalized spacial score (nSPS) is 10.0. The number of nitrogens with one attached hydrogen (secondary N) is 2. The molecule has 0 fully saturated rings. The number of rotatable bonds is 6. The Morgan fingerprint density at radius 2 is 1.12 bits per heavy atom. The molecular weight excluding hydrogens is 336 g/mol. The molecule has 2 amide bonds. The first-order chi connectivity index (χ1) is 12.3. The van der Waals surface area contributed by atoms with E-state index in [9.17, 15) is 14.4 Å². The number of hydrogen-bond acceptors (Lipinski definition) is 5. The molecule has 2 aromatic rings. The van der Waals surface area contributed by atoms with Crippen molar-refractivity contribution in [3.05, 3.63) is 47.5 Å². The summed E-state index contributed by atoms with van der Waals surface area (Å²) in [5.74, 6) is 0.522. The Labute approximate surface area is 151 Å². The third kappa shape index (κ3) is 4.38. The fourth-order valence-corrected chi connectivity index (χ4v) is 2.42. The maximum atomic E-state index is 12.2. The third-order valence-corrected chi connectivity index (χ3v) is 3.67. The summed E-state index contributed by atoms with van der Waals surface area (Å²) in [6, 6.07) is 9.02. The predicted octanol–water partition coefficient (Wildman–Crippen LogP) is 3.75. The molecule has 2 aromatic carbocycles. The average molecular weight is 356 g/mol. The fourth-order valence-electron chi connectivity index (χ4n) is 2.42. The van der Waals surface area contributed by atoms with E-state index in [1.165, 1.54) is 40.2 Å². The van der Waals surface area contributed by atoms with Gasteiger partial charge in [-0.3, -0.25) is 9.59 Å².